The second-order valence-corrected chi connectivity index (χ2v) is 6.36. The number of allylic oxidation sites excluding steroid dienone is 1. The summed E-state index contributed by atoms with van der Waals surface area (Å²) in [5.74, 6) is 5.69. The van der Waals surface area contributed by atoms with E-state index in [-0.39, 0.29) is 6.61 Å². The molecule has 3 rings (SSSR count). The summed E-state index contributed by atoms with van der Waals surface area (Å²) in [6.45, 7) is 0.204. The van der Waals surface area contributed by atoms with Gasteiger partial charge in [-0.05, 0) is 55.5 Å². The second-order valence-electron chi connectivity index (χ2n) is 6.36. The van der Waals surface area contributed by atoms with Gasteiger partial charge in [0.25, 0.3) is 5.91 Å². The van der Waals surface area contributed by atoms with Gasteiger partial charge in [-0.2, -0.15) is 0 Å². The number of rotatable bonds is 5. The van der Waals surface area contributed by atoms with Crippen LogP contribution in [0.2, 0.25) is 0 Å². The quantitative estimate of drug-likeness (QED) is 0.330. The number of unbranched alkanes of at least 4 members (excludes halogenated alkanes) is 2. The average Bonchev–Trinajstić information content (AvgIpc) is 2.72. The van der Waals surface area contributed by atoms with Crippen LogP contribution in [0.25, 0.3) is 17.3 Å². The number of carbonyl (C=O) groups excluding carboxylic acids is 1. The number of amides is 1. The van der Waals surface area contributed by atoms with Crippen LogP contribution in [0.3, 0.4) is 0 Å². The standard InChI is InChI=1S/C22H22N2O3/c25-14-6-2-1-3-7-16-10-12-17(13-11-16)21-15-19(22(26)24-27)18-8-4-5-9-20(18)23-21/h5,9-13,15,25,27H,1-2,4,6,8,14H2,(H,24,26). The zero-order valence-electron chi connectivity index (χ0n) is 15.0. The van der Waals surface area contributed by atoms with Crippen LogP contribution in [0.5, 0.6) is 0 Å². The van der Waals surface area contributed by atoms with Crippen LogP contribution in [-0.2, 0) is 6.42 Å². The first-order valence-corrected chi connectivity index (χ1v) is 9.08. The summed E-state index contributed by atoms with van der Waals surface area (Å²) in [5, 5.41) is 17.8. The van der Waals surface area contributed by atoms with Crippen molar-refractivity contribution in [3.05, 3.63) is 58.8 Å². The third kappa shape index (κ3) is 4.62. The van der Waals surface area contributed by atoms with Crippen LogP contribution in [0.4, 0.5) is 0 Å². The monoisotopic (exact) mass is 362 g/mol. The number of hydroxylamine groups is 1. The Balaban J connectivity index is 1.86. The summed E-state index contributed by atoms with van der Waals surface area (Å²) in [4.78, 5) is 16.7. The normalized spacial score (nSPS) is 12.1. The molecule has 0 saturated heterocycles. The molecule has 0 fully saturated rings. The molecule has 27 heavy (non-hydrogen) atoms. The molecule has 5 heteroatoms. The molecule has 1 aliphatic rings. The molecule has 1 aromatic heterocycles. The predicted molar refractivity (Wildman–Crippen MR) is 104 cm³/mol. The van der Waals surface area contributed by atoms with E-state index >= 15 is 0 Å². The van der Waals surface area contributed by atoms with E-state index in [1.165, 1.54) is 0 Å². The van der Waals surface area contributed by atoms with Gasteiger partial charge >= 0.3 is 0 Å². The maximum Gasteiger partial charge on any atom is 0.275 e. The molecule has 0 saturated carbocycles. The minimum atomic E-state index is -0.518. The molecule has 5 nitrogen and oxygen atoms in total. The van der Waals surface area contributed by atoms with Crippen molar-refractivity contribution >= 4 is 12.0 Å². The molecule has 138 valence electrons. The molecule has 0 atom stereocenters. The first-order valence-electron chi connectivity index (χ1n) is 9.08. The lowest BCUT2D eigenvalue weighted by atomic mass is 9.94. The number of pyridine rings is 1. The minimum absolute atomic E-state index is 0.204. The van der Waals surface area contributed by atoms with Crippen LogP contribution >= 0.6 is 0 Å². The van der Waals surface area contributed by atoms with E-state index in [1.54, 1.807) is 11.5 Å². The SMILES string of the molecule is O=C(NO)c1cc(-c2ccc(C#CCCCCO)cc2)nc2c1CCC=C2. The van der Waals surface area contributed by atoms with E-state index in [4.69, 9.17) is 10.3 Å². The number of fused-ring (bicyclic) bond motifs is 1. The van der Waals surface area contributed by atoms with Crippen LogP contribution in [0.1, 0.15) is 52.9 Å². The van der Waals surface area contributed by atoms with Crippen LogP contribution in [0, 0.1) is 11.8 Å². The van der Waals surface area contributed by atoms with Gasteiger partial charge in [-0.25, -0.2) is 10.5 Å². The summed E-state index contributed by atoms with van der Waals surface area (Å²) in [6.07, 6.45) is 7.97. The molecule has 2 aromatic rings. The molecule has 0 unspecified atom stereocenters. The number of nitrogens with one attached hydrogen (secondary N) is 1. The summed E-state index contributed by atoms with van der Waals surface area (Å²) in [6, 6.07) is 9.44. The number of nitrogens with zero attached hydrogens (tertiary/aromatic N) is 1. The predicted octanol–water partition coefficient (Wildman–Crippen LogP) is 3.34. The van der Waals surface area contributed by atoms with Gasteiger partial charge in [-0.15, -0.1) is 0 Å². The average molecular weight is 362 g/mol. The van der Waals surface area contributed by atoms with Gasteiger partial charge in [0.15, 0.2) is 0 Å². The summed E-state index contributed by atoms with van der Waals surface area (Å²) in [5.41, 5.74) is 6.29. The minimum Gasteiger partial charge on any atom is -0.396 e. The molecule has 0 bridgehead atoms. The lowest BCUT2D eigenvalue weighted by molar-refractivity contribution is 0.0705. The van der Waals surface area contributed by atoms with Crippen molar-refractivity contribution in [3.8, 4) is 23.1 Å². The van der Waals surface area contributed by atoms with E-state index < -0.39 is 5.91 Å². The van der Waals surface area contributed by atoms with Crippen molar-refractivity contribution in [2.24, 2.45) is 0 Å². The molecular weight excluding hydrogens is 340 g/mol. The van der Waals surface area contributed by atoms with Gasteiger partial charge < -0.3 is 5.11 Å². The lowest BCUT2D eigenvalue weighted by Crippen LogP contribution is -2.22. The molecular formula is C22H22N2O3. The molecule has 1 amide bonds. The van der Waals surface area contributed by atoms with Crippen molar-refractivity contribution in [1.82, 2.24) is 10.5 Å². The summed E-state index contributed by atoms with van der Waals surface area (Å²) in [7, 11) is 0. The zero-order chi connectivity index (χ0) is 19.1. The van der Waals surface area contributed by atoms with E-state index in [2.05, 4.69) is 16.8 Å². The molecule has 1 heterocycles. The van der Waals surface area contributed by atoms with Gasteiger partial charge in [0.1, 0.15) is 0 Å². The topological polar surface area (TPSA) is 82.5 Å². The highest BCUT2D eigenvalue weighted by Crippen LogP contribution is 2.27. The number of carbonyl (C=O) groups is 1. The highest BCUT2D eigenvalue weighted by Gasteiger charge is 2.18. The number of hydrogen-bond acceptors (Lipinski definition) is 4. The maximum atomic E-state index is 12.1. The Morgan fingerprint density at radius 3 is 2.78 bits per heavy atom. The van der Waals surface area contributed by atoms with E-state index in [9.17, 15) is 4.79 Å². The number of hydrogen-bond donors (Lipinski definition) is 3. The molecule has 1 aliphatic carbocycles. The number of aromatic nitrogens is 1. The van der Waals surface area contributed by atoms with E-state index in [0.29, 0.717) is 11.3 Å². The first-order chi connectivity index (χ1) is 13.2. The molecule has 3 N–H and O–H groups in total. The highest BCUT2D eigenvalue weighted by atomic mass is 16.5. The third-order valence-corrected chi connectivity index (χ3v) is 4.46. The van der Waals surface area contributed by atoms with Crippen molar-refractivity contribution < 1.29 is 15.1 Å². The Morgan fingerprint density at radius 2 is 2.04 bits per heavy atom. The Labute approximate surface area is 158 Å². The Kier molecular flexibility index (Phi) is 6.37. The second kappa shape index (κ2) is 9.13. The molecule has 1 aromatic carbocycles. The van der Waals surface area contributed by atoms with Gasteiger partial charge in [0.2, 0.25) is 0 Å². The smallest absolute Gasteiger partial charge is 0.275 e. The Morgan fingerprint density at radius 1 is 1.22 bits per heavy atom. The fraction of sp³-hybridized carbons (Fsp3) is 0.273. The van der Waals surface area contributed by atoms with Crippen molar-refractivity contribution in [1.29, 1.82) is 0 Å². The van der Waals surface area contributed by atoms with Crippen LogP contribution in [0.15, 0.2) is 36.4 Å². The summed E-state index contributed by atoms with van der Waals surface area (Å²) < 4.78 is 0. The Bertz CT molecular complexity index is 906. The highest BCUT2D eigenvalue weighted by molar-refractivity contribution is 5.97. The number of benzene rings is 1. The van der Waals surface area contributed by atoms with Gasteiger partial charge in [-0.3, -0.25) is 10.0 Å². The summed E-state index contributed by atoms with van der Waals surface area (Å²) >= 11 is 0. The molecule has 0 radical (unpaired) electrons. The maximum absolute atomic E-state index is 12.1. The van der Waals surface area contributed by atoms with Gasteiger partial charge in [0.05, 0.1) is 11.4 Å². The van der Waals surface area contributed by atoms with E-state index in [1.807, 2.05) is 36.4 Å². The van der Waals surface area contributed by atoms with Crippen LogP contribution in [-0.4, -0.2) is 27.8 Å². The largest absolute Gasteiger partial charge is 0.396 e. The van der Waals surface area contributed by atoms with Gasteiger partial charge in [0, 0.05) is 29.7 Å². The van der Waals surface area contributed by atoms with Crippen molar-refractivity contribution in [2.75, 3.05) is 6.61 Å². The van der Waals surface area contributed by atoms with Crippen LogP contribution < -0.4 is 5.48 Å². The fourth-order valence-corrected chi connectivity index (χ4v) is 3.04. The lowest BCUT2D eigenvalue weighted by Gasteiger charge is -2.16. The van der Waals surface area contributed by atoms with E-state index in [0.717, 1.165) is 54.5 Å². The zero-order valence-corrected chi connectivity index (χ0v) is 15.0. The number of aliphatic hydroxyl groups is 1. The van der Waals surface area contributed by atoms with Crippen molar-refractivity contribution in [2.45, 2.75) is 32.1 Å². The van der Waals surface area contributed by atoms with Crippen molar-refractivity contribution in [3.63, 3.8) is 0 Å². The number of aliphatic hydroxyl groups excluding tert-OH is 1. The molecule has 0 spiro atoms. The molecule has 0 aliphatic heterocycles. The van der Waals surface area contributed by atoms with Gasteiger partial charge in [-0.1, -0.05) is 30.0 Å². The Hall–Kier alpha value is -2.94. The first kappa shape index (κ1) is 18.8. The fourth-order valence-electron chi connectivity index (χ4n) is 3.04. The third-order valence-electron chi connectivity index (χ3n) is 4.46.